The van der Waals surface area contributed by atoms with Crippen molar-refractivity contribution in [2.24, 2.45) is 0 Å². The molecule has 234 valence electrons. The second-order valence-electron chi connectivity index (χ2n) is 10.1. The Morgan fingerprint density at radius 1 is 0.830 bits per heavy atom. The van der Waals surface area contributed by atoms with Crippen molar-refractivity contribution >= 4 is 17.9 Å². The maximum atomic E-state index is 13.5. The Balaban J connectivity index is 1.43. The lowest BCUT2D eigenvalue weighted by molar-refractivity contribution is -0.113. The average Bonchev–Trinajstić information content (AvgIpc) is 3.76. The summed E-state index contributed by atoms with van der Waals surface area (Å²) in [6.45, 7) is -0.553. The number of nitrogens with zero attached hydrogens (tertiary/aromatic N) is 6. The Morgan fingerprint density at radius 2 is 1.40 bits per heavy atom. The fourth-order valence-electron chi connectivity index (χ4n) is 4.97. The molecule has 3 heterocycles. The van der Waals surface area contributed by atoms with Crippen molar-refractivity contribution in [3.05, 3.63) is 143 Å². The molecule has 5 aromatic rings. The van der Waals surface area contributed by atoms with Crippen LogP contribution >= 0.6 is 0 Å². The van der Waals surface area contributed by atoms with E-state index in [2.05, 4.69) is 15.1 Å². The summed E-state index contributed by atoms with van der Waals surface area (Å²) in [5, 5.41) is 14.7. The van der Waals surface area contributed by atoms with Crippen molar-refractivity contribution in [1.82, 2.24) is 24.3 Å². The van der Waals surface area contributed by atoms with Gasteiger partial charge in [-0.15, -0.1) is 0 Å². The lowest BCUT2D eigenvalue weighted by Crippen LogP contribution is -2.52. The number of carbonyl (C=O) groups excluding carboxylic acids is 3. The van der Waals surface area contributed by atoms with Gasteiger partial charge in [0.25, 0.3) is 5.72 Å². The van der Waals surface area contributed by atoms with Gasteiger partial charge in [-0.2, -0.15) is 15.3 Å². The number of rotatable bonds is 9. The first-order valence-electron chi connectivity index (χ1n) is 14.2. The Morgan fingerprint density at radius 3 is 1.94 bits per heavy atom. The topological polar surface area (TPSA) is 178 Å². The zero-order valence-electron chi connectivity index (χ0n) is 24.4. The molecule has 0 unspecified atom stereocenters. The maximum absolute atomic E-state index is 13.5. The highest BCUT2D eigenvalue weighted by Crippen LogP contribution is 2.39. The van der Waals surface area contributed by atoms with E-state index in [0.29, 0.717) is 0 Å². The monoisotopic (exact) mass is 632 g/mol. The van der Waals surface area contributed by atoms with Crippen LogP contribution in [0.15, 0.2) is 121 Å². The van der Waals surface area contributed by atoms with Crippen molar-refractivity contribution in [3.8, 4) is 11.9 Å². The van der Waals surface area contributed by atoms with Crippen LogP contribution in [0.1, 0.15) is 31.1 Å². The molecule has 3 aromatic carbocycles. The predicted molar refractivity (Wildman–Crippen MR) is 160 cm³/mol. The minimum absolute atomic E-state index is 0.0769. The largest absolute Gasteiger partial charge is 0.459 e. The number of esters is 3. The van der Waals surface area contributed by atoms with E-state index in [1.165, 1.54) is 66.0 Å². The maximum Gasteiger partial charge on any atom is 0.352 e. The summed E-state index contributed by atoms with van der Waals surface area (Å²) in [4.78, 5) is 61.1. The first kappa shape index (κ1) is 30.6. The molecule has 0 bridgehead atoms. The van der Waals surface area contributed by atoms with E-state index in [-0.39, 0.29) is 22.5 Å². The van der Waals surface area contributed by atoms with Crippen molar-refractivity contribution in [2.75, 3.05) is 6.61 Å². The molecule has 0 aliphatic carbocycles. The molecule has 14 heteroatoms. The van der Waals surface area contributed by atoms with Crippen LogP contribution in [0.2, 0.25) is 0 Å². The molecule has 0 spiro atoms. The van der Waals surface area contributed by atoms with Gasteiger partial charge in [0.2, 0.25) is 6.10 Å². The smallest absolute Gasteiger partial charge is 0.352 e. The quantitative estimate of drug-likeness (QED) is 0.172. The van der Waals surface area contributed by atoms with Gasteiger partial charge in [-0.3, -0.25) is 4.57 Å². The van der Waals surface area contributed by atoms with Gasteiger partial charge < -0.3 is 18.9 Å². The summed E-state index contributed by atoms with van der Waals surface area (Å²) in [6.07, 6.45) is -0.946. The van der Waals surface area contributed by atoms with E-state index in [9.17, 15) is 24.4 Å². The van der Waals surface area contributed by atoms with Crippen LogP contribution < -0.4 is 5.69 Å². The predicted octanol–water partition coefficient (Wildman–Crippen LogP) is 2.71. The molecule has 14 nitrogen and oxygen atoms in total. The van der Waals surface area contributed by atoms with Crippen LogP contribution in [-0.2, 0) is 24.7 Å². The minimum atomic E-state index is -2.44. The molecule has 1 saturated heterocycles. The van der Waals surface area contributed by atoms with Crippen molar-refractivity contribution in [3.63, 3.8) is 0 Å². The van der Waals surface area contributed by atoms with Crippen molar-refractivity contribution in [1.29, 1.82) is 5.26 Å². The highest BCUT2D eigenvalue weighted by atomic mass is 16.7. The summed E-state index contributed by atoms with van der Waals surface area (Å²) >= 11 is 0. The van der Waals surface area contributed by atoms with Crippen LogP contribution in [-0.4, -0.2) is 67.1 Å². The SMILES string of the molecule is N#C[C@@]1(n2ccc(-n3cncn3)nc2=O)O[C@H](COC(=O)c2ccccc2)[C@@H](OC(=O)c2ccccc2)[C@H]1OC(=O)c1ccccc1. The van der Waals surface area contributed by atoms with Crippen molar-refractivity contribution in [2.45, 2.75) is 24.0 Å². The number of nitriles is 1. The number of benzene rings is 3. The van der Waals surface area contributed by atoms with Gasteiger partial charge in [-0.05, 0) is 42.5 Å². The van der Waals surface area contributed by atoms with E-state index in [0.717, 1.165) is 4.57 Å². The molecule has 0 N–H and O–H groups in total. The number of hydrogen-bond donors (Lipinski definition) is 0. The molecule has 0 amide bonds. The standard InChI is InChI=1S/C33H24N6O8/c34-19-33(38-17-16-26(37-32(38)43)39-21-35-20-36-39)28(46-31(42)24-14-8-3-9-15-24)27(45-30(41)23-12-6-2-7-13-23)25(47-33)18-44-29(40)22-10-4-1-5-11-22/h1-17,20-21,25,27-28H,18H2/t25-,27-,28-,33-/m1/s1. The molecule has 0 radical (unpaired) electrons. The van der Waals surface area contributed by atoms with Gasteiger partial charge in [0.1, 0.15) is 31.4 Å². The normalized spacial score (nSPS) is 20.1. The van der Waals surface area contributed by atoms with E-state index in [4.69, 9.17) is 18.9 Å². The summed E-state index contributed by atoms with van der Waals surface area (Å²) in [7, 11) is 0. The van der Waals surface area contributed by atoms with E-state index in [1.54, 1.807) is 54.6 Å². The molecule has 1 aliphatic heterocycles. The van der Waals surface area contributed by atoms with Gasteiger partial charge in [0.15, 0.2) is 11.9 Å². The highest BCUT2D eigenvalue weighted by Gasteiger charge is 2.62. The fourth-order valence-corrected chi connectivity index (χ4v) is 4.97. The minimum Gasteiger partial charge on any atom is -0.459 e. The first-order valence-corrected chi connectivity index (χ1v) is 14.2. The third kappa shape index (κ3) is 6.23. The molecule has 2 aromatic heterocycles. The number of aromatic nitrogens is 5. The van der Waals surface area contributed by atoms with Crippen LogP contribution in [0.25, 0.3) is 5.82 Å². The van der Waals surface area contributed by atoms with Gasteiger partial charge in [-0.1, -0.05) is 54.6 Å². The molecule has 4 atom stereocenters. The third-order valence-electron chi connectivity index (χ3n) is 7.23. The summed E-state index contributed by atoms with van der Waals surface area (Å²) < 4.78 is 25.5. The summed E-state index contributed by atoms with van der Waals surface area (Å²) in [5.41, 5.74) is -2.95. The number of hydrogen-bond acceptors (Lipinski definition) is 12. The van der Waals surface area contributed by atoms with E-state index >= 15 is 0 Å². The summed E-state index contributed by atoms with van der Waals surface area (Å²) in [5.74, 6) is -2.40. The molecule has 1 fully saturated rings. The Hall–Kier alpha value is -6.46. The van der Waals surface area contributed by atoms with Crippen molar-refractivity contribution < 1.29 is 33.3 Å². The average molecular weight is 633 g/mol. The Labute approximate surface area is 266 Å². The molecular weight excluding hydrogens is 608 g/mol. The Bertz CT molecular complexity index is 1980. The number of ether oxygens (including phenoxy) is 4. The zero-order valence-corrected chi connectivity index (χ0v) is 24.4. The third-order valence-corrected chi connectivity index (χ3v) is 7.23. The molecule has 1 aliphatic rings. The molecular formula is C33H24N6O8. The van der Waals surface area contributed by atoms with Gasteiger partial charge in [0.05, 0.1) is 16.7 Å². The molecule has 0 saturated carbocycles. The van der Waals surface area contributed by atoms with Crippen LogP contribution in [0.3, 0.4) is 0 Å². The number of carbonyl (C=O) groups is 3. The van der Waals surface area contributed by atoms with E-state index < -0.39 is 54.2 Å². The summed E-state index contributed by atoms with van der Waals surface area (Å²) in [6, 6.07) is 27.2. The first-order chi connectivity index (χ1) is 22.9. The van der Waals surface area contributed by atoms with Gasteiger partial charge in [0, 0.05) is 6.20 Å². The van der Waals surface area contributed by atoms with Crippen LogP contribution in [0.5, 0.6) is 0 Å². The van der Waals surface area contributed by atoms with Gasteiger partial charge in [-0.25, -0.2) is 28.8 Å². The second kappa shape index (κ2) is 13.3. The van der Waals surface area contributed by atoms with E-state index in [1.807, 2.05) is 6.07 Å². The molecule has 6 rings (SSSR count). The highest BCUT2D eigenvalue weighted by molar-refractivity contribution is 5.91. The zero-order chi connectivity index (χ0) is 32.8. The second-order valence-corrected chi connectivity index (χ2v) is 10.1. The lowest BCUT2D eigenvalue weighted by Gasteiger charge is -2.30. The van der Waals surface area contributed by atoms with Crippen LogP contribution in [0.4, 0.5) is 0 Å². The van der Waals surface area contributed by atoms with Gasteiger partial charge >= 0.3 is 23.6 Å². The van der Waals surface area contributed by atoms with Crippen LogP contribution in [0, 0.1) is 11.3 Å². The fraction of sp³-hybridized carbons (Fsp3) is 0.152. The molecule has 47 heavy (non-hydrogen) atoms. The lowest BCUT2D eigenvalue weighted by atomic mass is 10.0. The Kier molecular flexibility index (Phi) is 8.63.